The van der Waals surface area contributed by atoms with Gasteiger partial charge in [-0.05, 0) is 38.0 Å². The quantitative estimate of drug-likeness (QED) is 0.711. The smallest absolute Gasteiger partial charge is 0.410 e. The van der Waals surface area contributed by atoms with E-state index in [4.69, 9.17) is 9.47 Å². The van der Waals surface area contributed by atoms with Crippen LogP contribution >= 0.6 is 15.9 Å². The zero-order valence-corrected chi connectivity index (χ0v) is 14.2. The molecule has 1 fully saturated rings. The number of rotatable bonds is 0. The number of carbonyl (C=O) groups excluding carboxylic acids is 1. The average Bonchev–Trinajstić information content (AvgIpc) is 2.95. The van der Waals surface area contributed by atoms with Gasteiger partial charge in [0.25, 0.3) is 0 Å². The highest BCUT2D eigenvalue weighted by Gasteiger charge is 2.48. The van der Waals surface area contributed by atoms with Crippen molar-refractivity contribution < 1.29 is 14.3 Å². The van der Waals surface area contributed by atoms with Crippen molar-refractivity contribution in [1.82, 2.24) is 4.90 Å². The van der Waals surface area contributed by atoms with Crippen LogP contribution in [0.25, 0.3) is 0 Å². The van der Waals surface area contributed by atoms with Crippen LogP contribution in [0, 0.1) is 0 Å². The molecular weight excluding hydrogens is 334 g/mol. The molecule has 1 unspecified atom stereocenters. The molecule has 2 aliphatic heterocycles. The molecule has 0 radical (unpaired) electrons. The number of ether oxygens (including phenoxy) is 2. The number of nitrogens with zero attached hydrogens (tertiary/aromatic N) is 1. The molecule has 21 heavy (non-hydrogen) atoms. The van der Waals surface area contributed by atoms with Crippen LogP contribution in [-0.4, -0.2) is 29.7 Å². The molecule has 1 amide bonds. The summed E-state index contributed by atoms with van der Waals surface area (Å²) in [6.45, 7) is 7.48. The van der Waals surface area contributed by atoms with Gasteiger partial charge in [0, 0.05) is 17.4 Å². The van der Waals surface area contributed by atoms with Crippen LogP contribution in [0.4, 0.5) is 4.79 Å². The molecule has 1 aromatic carbocycles. The van der Waals surface area contributed by atoms with Gasteiger partial charge in [0.1, 0.15) is 11.2 Å². The highest BCUT2D eigenvalue weighted by Crippen LogP contribution is 2.45. The second-order valence-corrected chi connectivity index (χ2v) is 7.56. The topological polar surface area (TPSA) is 38.8 Å². The molecule has 1 aromatic rings. The van der Waals surface area contributed by atoms with Crippen LogP contribution < -0.4 is 0 Å². The summed E-state index contributed by atoms with van der Waals surface area (Å²) in [5.74, 6) is 0. The molecule has 0 bridgehead atoms. The predicted octanol–water partition coefficient (Wildman–Crippen LogP) is 3.82. The van der Waals surface area contributed by atoms with Gasteiger partial charge in [0.15, 0.2) is 0 Å². The largest absolute Gasteiger partial charge is 0.444 e. The van der Waals surface area contributed by atoms with Crippen LogP contribution in [0.3, 0.4) is 0 Å². The van der Waals surface area contributed by atoms with Gasteiger partial charge in [0.2, 0.25) is 0 Å². The maximum atomic E-state index is 12.2. The number of halogens is 1. The molecular formula is C16H20BrNO3. The Bertz CT molecular complexity index is 581. The lowest BCUT2D eigenvalue weighted by Crippen LogP contribution is -2.38. The zero-order valence-electron chi connectivity index (χ0n) is 12.6. The summed E-state index contributed by atoms with van der Waals surface area (Å²) in [6, 6.07) is 6.16. The Morgan fingerprint density at radius 3 is 2.90 bits per heavy atom. The minimum Gasteiger partial charge on any atom is -0.444 e. The number of hydrogen-bond donors (Lipinski definition) is 0. The number of hydrogen-bond acceptors (Lipinski definition) is 3. The Labute approximate surface area is 133 Å². The van der Waals surface area contributed by atoms with Crippen molar-refractivity contribution in [3.05, 3.63) is 33.8 Å². The molecule has 2 aliphatic rings. The van der Waals surface area contributed by atoms with E-state index in [9.17, 15) is 4.79 Å². The first-order chi connectivity index (χ1) is 9.81. The highest BCUT2D eigenvalue weighted by molar-refractivity contribution is 9.10. The number of fused-ring (bicyclic) bond motifs is 2. The van der Waals surface area contributed by atoms with Gasteiger partial charge in [-0.1, -0.05) is 28.1 Å². The summed E-state index contributed by atoms with van der Waals surface area (Å²) >= 11 is 3.58. The number of carbonyl (C=O) groups is 1. The van der Waals surface area contributed by atoms with E-state index in [2.05, 4.69) is 22.0 Å². The number of likely N-dealkylation sites (tertiary alicyclic amines) is 1. The van der Waals surface area contributed by atoms with Crippen molar-refractivity contribution in [2.45, 2.75) is 45.0 Å². The third kappa shape index (κ3) is 2.69. The van der Waals surface area contributed by atoms with Gasteiger partial charge in [-0.15, -0.1) is 0 Å². The minimum absolute atomic E-state index is 0.258. The van der Waals surface area contributed by atoms with Gasteiger partial charge < -0.3 is 14.4 Å². The SMILES string of the molecule is CC(C)(C)OC(=O)N1CCC2(C1)OCc1c(Br)cccc12. The van der Waals surface area contributed by atoms with E-state index < -0.39 is 5.60 Å². The van der Waals surface area contributed by atoms with E-state index in [0.717, 1.165) is 10.9 Å². The molecule has 0 saturated carbocycles. The molecule has 1 saturated heterocycles. The second-order valence-electron chi connectivity index (χ2n) is 6.70. The van der Waals surface area contributed by atoms with Crippen molar-refractivity contribution in [2.75, 3.05) is 13.1 Å². The summed E-state index contributed by atoms with van der Waals surface area (Å²) in [7, 11) is 0. The Kier molecular flexibility index (Phi) is 3.53. The standard InChI is InChI=1S/C16H20BrNO3/c1-15(2,3)21-14(19)18-8-7-16(10-18)12-5-4-6-13(17)11(12)9-20-16/h4-6H,7-10H2,1-3H3. The van der Waals surface area contributed by atoms with E-state index in [1.54, 1.807) is 4.90 Å². The van der Waals surface area contributed by atoms with Crippen molar-refractivity contribution >= 4 is 22.0 Å². The molecule has 0 aliphatic carbocycles. The minimum atomic E-state index is -0.468. The fourth-order valence-corrected chi connectivity index (χ4v) is 3.50. The Morgan fingerprint density at radius 2 is 2.19 bits per heavy atom. The summed E-state index contributed by atoms with van der Waals surface area (Å²) in [4.78, 5) is 14.0. The second kappa shape index (κ2) is 4.99. The van der Waals surface area contributed by atoms with Crippen molar-refractivity contribution in [3.8, 4) is 0 Å². The lowest BCUT2D eigenvalue weighted by atomic mass is 9.92. The molecule has 4 nitrogen and oxygen atoms in total. The van der Waals surface area contributed by atoms with E-state index in [0.29, 0.717) is 19.7 Å². The van der Waals surface area contributed by atoms with Crippen molar-refractivity contribution in [1.29, 1.82) is 0 Å². The molecule has 0 aromatic heterocycles. The lowest BCUT2D eigenvalue weighted by Gasteiger charge is -2.27. The van der Waals surface area contributed by atoms with Crippen LogP contribution in [0.15, 0.2) is 22.7 Å². The Morgan fingerprint density at radius 1 is 1.43 bits per heavy atom. The molecule has 0 N–H and O–H groups in total. The predicted molar refractivity (Wildman–Crippen MR) is 83.0 cm³/mol. The van der Waals surface area contributed by atoms with Crippen LogP contribution in [0.1, 0.15) is 38.3 Å². The zero-order chi connectivity index (χ0) is 15.3. The summed E-state index contributed by atoms with van der Waals surface area (Å²) in [5, 5.41) is 0. The van der Waals surface area contributed by atoms with Gasteiger partial charge in [0.05, 0.1) is 13.2 Å². The first-order valence-electron chi connectivity index (χ1n) is 7.20. The third-order valence-corrected chi connectivity index (χ3v) is 4.73. The molecule has 2 heterocycles. The van der Waals surface area contributed by atoms with E-state index in [1.165, 1.54) is 11.1 Å². The first kappa shape index (κ1) is 14.9. The summed E-state index contributed by atoms with van der Waals surface area (Å²) < 4.78 is 12.6. The first-order valence-corrected chi connectivity index (χ1v) is 8.00. The highest BCUT2D eigenvalue weighted by atomic mass is 79.9. The van der Waals surface area contributed by atoms with Crippen molar-refractivity contribution in [2.24, 2.45) is 0 Å². The number of amides is 1. The van der Waals surface area contributed by atoms with E-state index in [-0.39, 0.29) is 11.7 Å². The van der Waals surface area contributed by atoms with Crippen molar-refractivity contribution in [3.63, 3.8) is 0 Å². The number of benzene rings is 1. The third-order valence-electron chi connectivity index (χ3n) is 3.99. The summed E-state index contributed by atoms with van der Waals surface area (Å²) in [6.07, 6.45) is 0.557. The normalized spacial score (nSPS) is 24.5. The van der Waals surface area contributed by atoms with Crippen LogP contribution in [0.2, 0.25) is 0 Å². The van der Waals surface area contributed by atoms with E-state index >= 15 is 0 Å². The Hall–Kier alpha value is -1.07. The Balaban J connectivity index is 1.80. The lowest BCUT2D eigenvalue weighted by molar-refractivity contribution is -0.0328. The maximum absolute atomic E-state index is 12.2. The average molecular weight is 354 g/mol. The van der Waals surface area contributed by atoms with Gasteiger partial charge in [-0.2, -0.15) is 0 Å². The molecule has 5 heteroatoms. The molecule has 1 spiro atoms. The molecule has 1 atom stereocenters. The van der Waals surface area contributed by atoms with Gasteiger partial charge in [-0.25, -0.2) is 4.79 Å². The summed E-state index contributed by atoms with van der Waals surface area (Å²) in [5.41, 5.74) is 1.56. The monoisotopic (exact) mass is 353 g/mol. The molecule has 114 valence electrons. The van der Waals surface area contributed by atoms with Crippen LogP contribution in [0.5, 0.6) is 0 Å². The fraction of sp³-hybridized carbons (Fsp3) is 0.562. The van der Waals surface area contributed by atoms with Gasteiger partial charge in [-0.3, -0.25) is 0 Å². The molecule has 3 rings (SSSR count). The van der Waals surface area contributed by atoms with Crippen LogP contribution in [-0.2, 0) is 21.7 Å². The van der Waals surface area contributed by atoms with Gasteiger partial charge >= 0.3 is 6.09 Å². The fourth-order valence-electron chi connectivity index (χ4n) is 3.02. The maximum Gasteiger partial charge on any atom is 0.410 e. The van der Waals surface area contributed by atoms with E-state index in [1.807, 2.05) is 32.9 Å².